The molecule has 2 rings (SSSR count). The molecule has 5 heteroatoms. The van der Waals surface area contributed by atoms with Gasteiger partial charge < -0.3 is 10.6 Å². The molecule has 102 valence electrons. The maximum absolute atomic E-state index is 11.1. The number of nitriles is 2. The number of nitrogens with zero attached hydrogens (tertiary/aromatic N) is 3. The first-order valence-electron chi connectivity index (χ1n) is 6.20. The Morgan fingerprint density at radius 1 is 1.29 bits per heavy atom. The van der Waals surface area contributed by atoms with Crippen LogP contribution in [0.15, 0.2) is 54.3 Å². The molecule has 0 aromatic heterocycles. The molecule has 0 bridgehead atoms. The fourth-order valence-electron chi connectivity index (χ4n) is 2.03. The summed E-state index contributed by atoms with van der Waals surface area (Å²) < 4.78 is 0. The van der Waals surface area contributed by atoms with E-state index in [0.29, 0.717) is 0 Å². The molecule has 0 aliphatic carbocycles. The van der Waals surface area contributed by atoms with Crippen molar-refractivity contribution >= 4 is 17.2 Å². The molecule has 1 heterocycles. The molecule has 2 N–H and O–H groups in total. The molecule has 0 spiro atoms. The highest BCUT2D eigenvalue weighted by Gasteiger charge is 2.16. The summed E-state index contributed by atoms with van der Waals surface area (Å²) in [6.45, 7) is 0.0955. The minimum atomic E-state index is -0.418. The molecule has 1 aliphatic rings. The van der Waals surface area contributed by atoms with Crippen LogP contribution in [0.3, 0.4) is 0 Å². The van der Waals surface area contributed by atoms with E-state index >= 15 is 0 Å². The first kappa shape index (κ1) is 14.1. The van der Waals surface area contributed by atoms with Crippen molar-refractivity contribution in [2.45, 2.75) is 0 Å². The van der Waals surface area contributed by atoms with E-state index in [0.717, 1.165) is 16.8 Å². The largest absolute Gasteiger partial charge is 0.368 e. The Bertz CT molecular complexity index is 728. The van der Waals surface area contributed by atoms with Gasteiger partial charge in [0.1, 0.15) is 24.3 Å². The third-order valence-corrected chi connectivity index (χ3v) is 2.96. The van der Waals surface area contributed by atoms with Crippen LogP contribution in [0, 0.1) is 22.7 Å². The normalized spacial score (nSPS) is 14.0. The number of para-hydroxylation sites is 1. The number of hydrogen-bond acceptors (Lipinski definition) is 4. The van der Waals surface area contributed by atoms with E-state index in [4.69, 9.17) is 16.3 Å². The summed E-state index contributed by atoms with van der Waals surface area (Å²) in [6, 6.07) is 11.2. The van der Waals surface area contributed by atoms with Crippen molar-refractivity contribution in [1.29, 1.82) is 10.5 Å². The second-order valence-corrected chi connectivity index (χ2v) is 4.35. The van der Waals surface area contributed by atoms with Gasteiger partial charge in [-0.25, -0.2) is 0 Å². The van der Waals surface area contributed by atoms with Gasteiger partial charge in [0.2, 0.25) is 5.91 Å². The summed E-state index contributed by atoms with van der Waals surface area (Å²) in [5, 5.41) is 17.5. The van der Waals surface area contributed by atoms with E-state index in [1.807, 2.05) is 42.5 Å². The number of rotatable bonds is 3. The number of primary amides is 1. The van der Waals surface area contributed by atoms with Crippen molar-refractivity contribution in [3.05, 3.63) is 59.8 Å². The highest BCUT2D eigenvalue weighted by molar-refractivity contribution is 5.90. The number of amides is 1. The first-order valence-corrected chi connectivity index (χ1v) is 6.20. The minimum absolute atomic E-state index is 0.0351. The molecular formula is C16H12N4O. The predicted octanol–water partition coefficient (Wildman–Crippen LogP) is 1.86. The van der Waals surface area contributed by atoms with Crippen LogP contribution in [-0.4, -0.2) is 12.5 Å². The summed E-state index contributed by atoms with van der Waals surface area (Å²) >= 11 is 0. The highest BCUT2D eigenvalue weighted by atomic mass is 16.1. The van der Waals surface area contributed by atoms with Crippen LogP contribution in [0.5, 0.6) is 0 Å². The molecule has 5 nitrogen and oxygen atoms in total. The molecule has 1 amide bonds. The Morgan fingerprint density at radius 2 is 2.00 bits per heavy atom. The SMILES string of the molecule is N#CC(C#N)=C/C=C1\C=CN(CC(N)=O)c2ccccc21. The summed E-state index contributed by atoms with van der Waals surface area (Å²) in [6.07, 6.45) is 6.75. The third-order valence-electron chi connectivity index (χ3n) is 2.96. The Hall–Kier alpha value is -3.31. The van der Waals surface area contributed by atoms with Gasteiger partial charge >= 0.3 is 0 Å². The Kier molecular flexibility index (Phi) is 4.18. The minimum Gasteiger partial charge on any atom is -0.368 e. The molecule has 0 unspecified atom stereocenters. The number of anilines is 1. The summed E-state index contributed by atoms with van der Waals surface area (Å²) in [5.74, 6) is -0.418. The Labute approximate surface area is 122 Å². The number of carbonyl (C=O) groups is 1. The number of carbonyl (C=O) groups excluding carboxylic acids is 1. The lowest BCUT2D eigenvalue weighted by Gasteiger charge is -2.26. The molecule has 0 atom stereocenters. The van der Waals surface area contributed by atoms with Crippen LogP contribution in [0.25, 0.3) is 5.57 Å². The average molecular weight is 276 g/mol. The summed E-state index contributed by atoms with van der Waals surface area (Å²) in [5.41, 5.74) is 7.90. The van der Waals surface area contributed by atoms with Crippen molar-refractivity contribution in [2.75, 3.05) is 11.4 Å². The van der Waals surface area contributed by atoms with Crippen LogP contribution in [-0.2, 0) is 4.79 Å². The summed E-state index contributed by atoms with van der Waals surface area (Å²) in [4.78, 5) is 12.9. The molecule has 1 aromatic carbocycles. The molecule has 0 saturated heterocycles. The number of nitrogens with two attached hydrogens (primary N) is 1. The molecule has 1 aromatic rings. The number of hydrogen-bond donors (Lipinski definition) is 1. The van der Waals surface area contributed by atoms with Gasteiger partial charge in [-0.3, -0.25) is 4.79 Å². The quantitative estimate of drug-likeness (QED) is 0.852. The fraction of sp³-hybridized carbons (Fsp3) is 0.0625. The van der Waals surface area contributed by atoms with Crippen molar-refractivity contribution in [3.63, 3.8) is 0 Å². The van der Waals surface area contributed by atoms with Crippen LogP contribution in [0.4, 0.5) is 5.69 Å². The topological polar surface area (TPSA) is 93.9 Å². The molecule has 0 radical (unpaired) electrons. The highest BCUT2D eigenvalue weighted by Crippen LogP contribution is 2.32. The average Bonchev–Trinajstić information content (AvgIpc) is 2.49. The maximum Gasteiger partial charge on any atom is 0.237 e. The third kappa shape index (κ3) is 3.17. The van der Waals surface area contributed by atoms with E-state index in [9.17, 15) is 4.79 Å². The number of allylic oxidation sites excluding steroid dienone is 5. The van der Waals surface area contributed by atoms with Gasteiger partial charge in [0.05, 0.1) is 0 Å². The smallest absolute Gasteiger partial charge is 0.237 e. The van der Waals surface area contributed by atoms with Gasteiger partial charge in [-0.1, -0.05) is 24.3 Å². The van der Waals surface area contributed by atoms with Crippen LogP contribution < -0.4 is 10.6 Å². The maximum atomic E-state index is 11.1. The first-order chi connectivity index (χ1) is 10.2. The zero-order valence-electron chi connectivity index (χ0n) is 11.2. The van der Waals surface area contributed by atoms with Crippen LogP contribution in [0.2, 0.25) is 0 Å². The molecule has 21 heavy (non-hydrogen) atoms. The molecule has 1 aliphatic heterocycles. The number of benzene rings is 1. The van der Waals surface area contributed by atoms with Gasteiger partial charge in [-0.05, 0) is 23.8 Å². The second kappa shape index (κ2) is 6.23. The van der Waals surface area contributed by atoms with Gasteiger partial charge in [-0.15, -0.1) is 0 Å². The zero-order valence-corrected chi connectivity index (χ0v) is 11.2. The lowest BCUT2D eigenvalue weighted by molar-refractivity contribution is -0.116. The second-order valence-electron chi connectivity index (χ2n) is 4.35. The van der Waals surface area contributed by atoms with E-state index < -0.39 is 5.91 Å². The molecule has 0 saturated carbocycles. The Morgan fingerprint density at radius 3 is 2.67 bits per heavy atom. The van der Waals surface area contributed by atoms with E-state index in [1.54, 1.807) is 17.2 Å². The Balaban J connectivity index is 2.43. The van der Waals surface area contributed by atoms with Crippen molar-refractivity contribution in [2.24, 2.45) is 5.73 Å². The van der Waals surface area contributed by atoms with Gasteiger partial charge in [-0.2, -0.15) is 10.5 Å². The van der Waals surface area contributed by atoms with Gasteiger partial charge in [0, 0.05) is 17.5 Å². The van der Waals surface area contributed by atoms with Crippen LogP contribution >= 0.6 is 0 Å². The fourth-order valence-corrected chi connectivity index (χ4v) is 2.03. The molecular weight excluding hydrogens is 264 g/mol. The van der Waals surface area contributed by atoms with Crippen molar-refractivity contribution in [3.8, 4) is 12.1 Å². The lowest BCUT2D eigenvalue weighted by atomic mass is 9.99. The van der Waals surface area contributed by atoms with E-state index in [1.165, 1.54) is 6.08 Å². The summed E-state index contributed by atoms with van der Waals surface area (Å²) in [7, 11) is 0. The van der Waals surface area contributed by atoms with Crippen molar-refractivity contribution < 1.29 is 4.79 Å². The van der Waals surface area contributed by atoms with Gasteiger partial charge in [0.25, 0.3) is 0 Å². The van der Waals surface area contributed by atoms with E-state index in [-0.39, 0.29) is 12.1 Å². The monoisotopic (exact) mass is 276 g/mol. The number of fused-ring (bicyclic) bond motifs is 1. The molecule has 0 fully saturated rings. The van der Waals surface area contributed by atoms with E-state index in [2.05, 4.69) is 0 Å². The zero-order chi connectivity index (χ0) is 15.2. The van der Waals surface area contributed by atoms with Crippen LogP contribution in [0.1, 0.15) is 5.56 Å². The van der Waals surface area contributed by atoms with Crippen molar-refractivity contribution in [1.82, 2.24) is 0 Å². The lowest BCUT2D eigenvalue weighted by Crippen LogP contribution is -2.31. The van der Waals surface area contributed by atoms with Gasteiger partial charge in [0.15, 0.2) is 0 Å². The predicted molar refractivity (Wildman–Crippen MR) is 79.4 cm³/mol. The standard InChI is InChI=1S/C16H12N4O/c17-9-12(10-18)5-6-13-7-8-20(11-16(19)21)15-4-2-1-3-14(13)15/h1-8H,11H2,(H2,19,21)/b13-6+.